The summed E-state index contributed by atoms with van der Waals surface area (Å²) in [5.74, 6) is 0.0259. The van der Waals surface area contributed by atoms with Crippen molar-refractivity contribution in [2.24, 2.45) is 0 Å². The third-order valence-electron chi connectivity index (χ3n) is 5.66. The van der Waals surface area contributed by atoms with Crippen LogP contribution in [0.1, 0.15) is 43.2 Å². The molecule has 5 heteroatoms. The Hall–Kier alpha value is -2.82. The van der Waals surface area contributed by atoms with E-state index in [4.69, 9.17) is 0 Å². The monoisotopic (exact) mass is 393 g/mol. The van der Waals surface area contributed by atoms with Crippen molar-refractivity contribution in [1.82, 2.24) is 15.5 Å². The molecule has 1 aliphatic rings. The van der Waals surface area contributed by atoms with E-state index < -0.39 is 5.54 Å². The molecule has 0 heterocycles. The second-order valence-electron chi connectivity index (χ2n) is 7.90. The molecule has 0 aromatic heterocycles. The number of urea groups is 1. The number of nitrogens with one attached hydrogen (secondary N) is 2. The van der Waals surface area contributed by atoms with Gasteiger partial charge in [-0.15, -0.1) is 0 Å². The van der Waals surface area contributed by atoms with Crippen LogP contribution in [0.25, 0.3) is 0 Å². The molecule has 2 aromatic rings. The molecule has 0 atom stereocenters. The number of hydrogen-bond acceptors (Lipinski definition) is 2. The molecule has 5 nitrogen and oxygen atoms in total. The van der Waals surface area contributed by atoms with Crippen LogP contribution in [-0.2, 0) is 17.8 Å². The Labute approximate surface area is 173 Å². The summed E-state index contributed by atoms with van der Waals surface area (Å²) in [7, 11) is 1.84. The highest BCUT2D eigenvalue weighted by Crippen LogP contribution is 2.31. The first-order chi connectivity index (χ1) is 14.1. The largest absolute Gasteiger partial charge is 0.344 e. The summed E-state index contributed by atoms with van der Waals surface area (Å²) in [6.45, 7) is 1.13. The number of carbonyl (C=O) groups is 2. The van der Waals surface area contributed by atoms with Crippen molar-refractivity contribution in [3.63, 3.8) is 0 Å². The fourth-order valence-electron chi connectivity index (χ4n) is 4.04. The maximum absolute atomic E-state index is 13.2. The molecule has 0 unspecified atom stereocenters. The van der Waals surface area contributed by atoms with Crippen molar-refractivity contribution < 1.29 is 9.59 Å². The van der Waals surface area contributed by atoms with Gasteiger partial charge in [0, 0.05) is 20.1 Å². The quantitative estimate of drug-likeness (QED) is 0.715. The van der Waals surface area contributed by atoms with E-state index in [2.05, 4.69) is 22.8 Å². The topological polar surface area (TPSA) is 61.4 Å². The number of benzene rings is 2. The van der Waals surface area contributed by atoms with Crippen LogP contribution in [0.2, 0.25) is 0 Å². The van der Waals surface area contributed by atoms with Crippen LogP contribution >= 0.6 is 0 Å². The maximum Gasteiger partial charge on any atom is 0.315 e. The zero-order valence-corrected chi connectivity index (χ0v) is 17.2. The lowest BCUT2D eigenvalue weighted by Gasteiger charge is -2.33. The summed E-state index contributed by atoms with van der Waals surface area (Å²) in [5.41, 5.74) is 1.54. The van der Waals surface area contributed by atoms with Gasteiger partial charge in [-0.25, -0.2) is 4.79 Å². The van der Waals surface area contributed by atoms with Crippen LogP contribution in [0.3, 0.4) is 0 Å². The first-order valence-corrected chi connectivity index (χ1v) is 10.5. The van der Waals surface area contributed by atoms with Crippen molar-refractivity contribution in [2.45, 2.75) is 50.6 Å². The summed E-state index contributed by atoms with van der Waals surface area (Å²) >= 11 is 0. The molecule has 1 fully saturated rings. The molecular formula is C24H31N3O2. The Balaban J connectivity index is 1.52. The van der Waals surface area contributed by atoms with E-state index in [9.17, 15) is 9.59 Å². The van der Waals surface area contributed by atoms with Gasteiger partial charge in [0.25, 0.3) is 0 Å². The van der Waals surface area contributed by atoms with Crippen LogP contribution in [0.5, 0.6) is 0 Å². The van der Waals surface area contributed by atoms with Gasteiger partial charge in [-0.05, 0) is 36.8 Å². The predicted octanol–water partition coefficient (Wildman–Crippen LogP) is 3.89. The van der Waals surface area contributed by atoms with Gasteiger partial charge < -0.3 is 15.5 Å². The number of rotatable bonds is 8. The van der Waals surface area contributed by atoms with Gasteiger partial charge in [0.15, 0.2) is 0 Å². The Morgan fingerprint density at radius 1 is 0.931 bits per heavy atom. The molecule has 2 N–H and O–H groups in total. The molecule has 3 rings (SSSR count). The van der Waals surface area contributed by atoms with Crippen molar-refractivity contribution in [1.29, 1.82) is 0 Å². The van der Waals surface area contributed by atoms with E-state index in [1.807, 2.05) is 55.6 Å². The zero-order valence-electron chi connectivity index (χ0n) is 17.2. The Morgan fingerprint density at radius 3 is 2.14 bits per heavy atom. The highest BCUT2D eigenvalue weighted by atomic mass is 16.2. The highest BCUT2D eigenvalue weighted by molar-refractivity contribution is 5.91. The smallest absolute Gasteiger partial charge is 0.315 e. The fourth-order valence-corrected chi connectivity index (χ4v) is 4.04. The average Bonchev–Trinajstić information content (AvgIpc) is 3.22. The summed E-state index contributed by atoms with van der Waals surface area (Å²) in [6, 6.07) is 19.8. The van der Waals surface area contributed by atoms with Crippen molar-refractivity contribution in [3.05, 3.63) is 71.8 Å². The molecule has 2 aromatic carbocycles. The van der Waals surface area contributed by atoms with E-state index in [0.29, 0.717) is 25.9 Å². The van der Waals surface area contributed by atoms with Crippen LogP contribution < -0.4 is 10.6 Å². The number of hydrogen-bond donors (Lipinski definition) is 2. The molecule has 1 saturated carbocycles. The number of amides is 3. The summed E-state index contributed by atoms with van der Waals surface area (Å²) in [4.78, 5) is 27.5. The minimum absolute atomic E-state index is 0.0259. The van der Waals surface area contributed by atoms with E-state index in [1.165, 1.54) is 5.56 Å². The fraction of sp³-hybridized carbons (Fsp3) is 0.417. The van der Waals surface area contributed by atoms with Crippen molar-refractivity contribution >= 4 is 11.9 Å². The molecule has 0 saturated heterocycles. The minimum Gasteiger partial charge on any atom is -0.344 e. The highest BCUT2D eigenvalue weighted by Gasteiger charge is 2.43. The standard InChI is InChI=1S/C24H31N3O2/c1-27(18-10-15-20-11-4-2-5-12-20)22(28)24(16-8-9-17-24)26-23(29)25-19-21-13-6-3-7-14-21/h2-7,11-14H,8-10,15-19H2,1H3,(H2,25,26,29). The number of nitrogens with zero attached hydrogens (tertiary/aromatic N) is 1. The number of carbonyl (C=O) groups excluding carboxylic acids is 2. The SMILES string of the molecule is CN(CCCc1ccccc1)C(=O)C1(NC(=O)NCc2ccccc2)CCCC1. The minimum atomic E-state index is -0.776. The third-order valence-corrected chi connectivity index (χ3v) is 5.66. The average molecular weight is 394 g/mol. The molecule has 0 spiro atoms. The number of aryl methyl sites for hydroxylation is 1. The molecular weight excluding hydrogens is 362 g/mol. The number of likely N-dealkylation sites (N-methyl/N-ethyl adjacent to an activating group) is 1. The summed E-state index contributed by atoms with van der Waals surface area (Å²) in [6.07, 6.45) is 5.17. The third kappa shape index (κ3) is 5.83. The van der Waals surface area contributed by atoms with Gasteiger partial charge in [-0.3, -0.25) is 4.79 Å². The Morgan fingerprint density at radius 2 is 1.52 bits per heavy atom. The van der Waals surface area contributed by atoms with E-state index in [-0.39, 0.29) is 11.9 Å². The van der Waals surface area contributed by atoms with Gasteiger partial charge in [0.05, 0.1) is 0 Å². The normalized spacial score (nSPS) is 14.9. The van der Waals surface area contributed by atoms with E-state index >= 15 is 0 Å². The molecule has 154 valence electrons. The van der Waals surface area contributed by atoms with E-state index in [1.54, 1.807) is 4.90 Å². The second kappa shape index (κ2) is 10.1. The zero-order chi connectivity index (χ0) is 20.5. The predicted molar refractivity (Wildman–Crippen MR) is 115 cm³/mol. The molecule has 0 radical (unpaired) electrons. The van der Waals surface area contributed by atoms with Crippen LogP contribution in [0.15, 0.2) is 60.7 Å². The first kappa shape index (κ1) is 20.9. The van der Waals surface area contributed by atoms with Crippen LogP contribution in [0, 0.1) is 0 Å². The molecule has 0 aliphatic heterocycles. The van der Waals surface area contributed by atoms with E-state index in [0.717, 1.165) is 31.2 Å². The Kier molecular flexibility index (Phi) is 7.28. The maximum atomic E-state index is 13.2. The van der Waals surface area contributed by atoms with Gasteiger partial charge in [0.2, 0.25) is 5.91 Å². The molecule has 0 bridgehead atoms. The van der Waals surface area contributed by atoms with Gasteiger partial charge >= 0.3 is 6.03 Å². The van der Waals surface area contributed by atoms with Crippen LogP contribution in [0.4, 0.5) is 4.79 Å². The molecule has 3 amide bonds. The molecule has 29 heavy (non-hydrogen) atoms. The van der Waals surface area contributed by atoms with Crippen LogP contribution in [-0.4, -0.2) is 36.0 Å². The van der Waals surface area contributed by atoms with Gasteiger partial charge in [-0.1, -0.05) is 73.5 Å². The van der Waals surface area contributed by atoms with Crippen molar-refractivity contribution in [2.75, 3.05) is 13.6 Å². The van der Waals surface area contributed by atoms with Crippen molar-refractivity contribution in [3.8, 4) is 0 Å². The second-order valence-corrected chi connectivity index (χ2v) is 7.90. The lowest BCUT2D eigenvalue weighted by atomic mass is 9.95. The van der Waals surface area contributed by atoms with Gasteiger partial charge in [-0.2, -0.15) is 0 Å². The summed E-state index contributed by atoms with van der Waals surface area (Å²) in [5, 5.41) is 5.90. The lowest BCUT2D eigenvalue weighted by Crippen LogP contribution is -2.59. The molecule has 1 aliphatic carbocycles. The summed E-state index contributed by atoms with van der Waals surface area (Å²) < 4.78 is 0. The first-order valence-electron chi connectivity index (χ1n) is 10.5. The lowest BCUT2D eigenvalue weighted by molar-refractivity contribution is -0.136. The Bertz CT molecular complexity index is 786. The van der Waals surface area contributed by atoms with Gasteiger partial charge in [0.1, 0.15) is 5.54 Å².